The summed E-state index contributed by atoms with van der Waals surface area (Å²) in [6.07, 6.45) is 0. The third-order valence-corrected chi connectivity index (χ3v) is 7.80. The van der Waals surface area contributed by atoms with Crippen LogP contribution in [0.2, 0.25) is 0 Å². The van der Waals surface area contributed by atoms with Crippen molar-refractivity contribution in [2.75, 3.05) is 0 Å². The Hall–Kier alpha value is -3.77. The number of amides is 2. The van der Waals surface area contributed by atoms with E-state index in [0.717, 1.165) is 32.4 Å². The highest BCUT2D eigenvalue weighted by atomic mass is 32.1. The van der Waals surface area contributed by atoms with Crippen LogP contribution in [0.3, 0.4) is 0 Å². The van der Waals surface area contributed by atoms with Gasteiger partial charge >= 0.3 is 0 Å². The summed E-state index contributed by atoms with van der Waals surface area (Å²) in [5, 5.41) is 0.820. The van der Waals surface area contributed by atoms with Gasteiger partial charge in [-0.05, 0) is 57.0 Å². The molecule has 1 aliphatic rings. The quantitative estimate of drug-likeness (QED) is 0.275. The Morgan fingerprint density at radius 2 is 1.44 bits per heavy atom. The first-order valence-electron chi connectivity index (χ1n) is 11.1. The molecular formula is C28H24N2O3S. The fraction of sp³-hybridized carbons (Fsp3) is 0.179. The monoisotopic (exact) mass is 468 g/mol. The van der Waals surface area contributed by atoms with Crippen molar-refractivity contribution in [2.24, 2.45) is 0 Å². The molecule has 5 rings (SSSR count). The zero-order valence-corrected chi connectivity index (χ0v) is 20.3. The van der Waals surface area contributed by atoms with Crippen LogP contribution in [-0.2, 0) is 6.54 Å². The first kappa shape index (κ1) is 22.0. The normalized spacial score (nSPS) is 13.0. The van der Waals surface area contributed by atoms with Crippen molar-refractivity contribution >= 4 is 28.9 Å². The molecule has 6 heteroatoms. The molecule has 0 unspecified atom stereocenters. The summed E-state index contributed by atoms with van der Waals surface area (Å²) in [6.45, 7) is 8.13. The fourth-order valence-electron chi connectivity index (χ4n) is 4.52. The molecule has 0 aliphatic carbocycles. The third-order valence-electron chi connectivity index (χ3n) is 6.61. The van der Waals surface area contributed by atoms with E-state index in [-0.39, 0.29) is 24.1 Å². The van der Waals surface area contributed by atoms with E-state index in [2.05, 4.69) is 0 Å². The number of ketones is 1. The number of fused-ring (bicyclic) bond motifs is 1. The Morgan fingerprint density at radius 3 is 2.06 bits per heavy atom. The Labute approximate surface area is 202 Å². The van der Waals surface area contributed by atoms with Crippen molar-refractivity contribution in [2.45, 2.75) is 34.2 Å². The van der Waals surface area contributed by atoms with Crippen LogP contribution >= 0.6 is 11.3 Å². The molecule has 0 radical (unpaired) electrons. The van der Waals surface area contributed by atoms with Crippen LogP contribution in [0.4, 0.5) is 0 Å². The van der Waals surface area contributed by atoms with Crippen molar-refractivity contribution in [1.29, 1.82) is 0 Å². The maximum Gasteiger partial charge on any atom is 0.261 e. The molecule has 0 saturated heterocycles. The fourth-order valence-corrected chi connectivity index (χ4v) is 5.76. The maximum atomic E-state index is 13.6. The van der Waals surface area contributed by atoms with E-state index in [4.69, 9.17) is 0 Å². The second kappa shape index (κ2) is 8.22. The maximum absolute atomic E-state index is 13.6. The molecule has 1 aliphatic heterocycles. The van der Waals surface area contributed by atoms with Gasteiger partial charge in [-0.1, -0.05) is 42.5 Å². The average Bonchev–Trinajstić information content (AvgIpc) is 3.39. The predicted molar refractivity (Wildman–Crippen MR) is 133 cm³/mol. The van der Waals surface area contributed by atoms with Crippen molar-refractivity contribution in [3.8, 4) is 5.00 Å². The lowest BCUT2D eigenvalue weighted by molar-refractivity contribution is 0.0639. The number of imide groups is 1. The van der Waals surface area contributed by atoms with E-state index in [1.807, 2.05) is 68.7 Å². The molecule has 2 amide bonds. The van der Waals surface area contributed by atoms with E-state index in [9.17, 15) is 14.4 Å². The van der Waals surface area contributed by atoms with E-state index in [1.165, 1.54) is 4.90 Å². The Kier molecular flexibility index (Phi) is 5.33. The Balaban J connectivity index is 1.62. The number of hydrogen-bond donors (Lipinski definition) is 0. The molecule has 0 bridgehead atoms. The van der Waals surface area contributed by atoms with E-state index in [0.29, 0.717) is 22.3 Å². The summed E-state index contributed by atoms with van der Waals surface area (Å²) in [7, 11) is 0. The van der Waals surface area contributed by atoms with Gasteiger partial charge in [-0.15, -0.1) is 11.3 Å². The van der Waals surface area contributed by atoms with Gasteiger partial charge in [-0.25, -0.2) is 0 Å². The molecule has 0 N–H and O–H groups in total. The molecule has 34 heavy (non-hydrogen) atoms. The highest BCUT2D eigenvalue weighted by Crippen LogP contribution is 2.36. The molecule has 3 heterocycles. The Morgan fingerprint density at radius 1 is 0.853 bits per heavy atom. The molecule has 2 aromatic heterocycles. The molecule has 0 saturated carbocycles. The van der Waals surface area contributed by atoms with E-state index < -0.39 is 0 Å². The van der Waals surface area contributed by atoms with Gasteiger partial charge in [0.25, 0.3) is 11.8 Å². The first-order chi connectivity index (χ1) is 16.3. The van der Waals surface area contributed by atoms with Crippen molar-refractivity contribution in [3.63, 3.8) is 0 Å². The minimum atomic E-state index is -0.289. The molecule has 4 aromatic rings. The summed E-state index contributed by atoms with van der Waals surface area (Å²) in [4.78, 5) is 42.0. The second-order valence-corrected chi connectivity index (χ2v) is 9.84. The molecular weight excluding hydrogens is 444 g/mol. The van der Waals surface area contributed by atoms with Gasteiger partial charge in [0.1, 0.15) is 5.00 Å². The SMILES string of the molecule is Cc1cc(CN2C(=O)c3ccccc3C2=O)n(-c2sc(C)c(C)c2C(=O)c2ccccc2)c1C. The number of rotatable bonds is 5. The smallest absolute Gasteiger partial charge is 0.261 e. The van der Waals surface area contributed by atoms with Crippen LogP contribution < -0.4 is 0 Å². The lowest BCUT2D eigenvalue weighted by Gasteiger charge is -2.17. The number of nitrogens with zero attached hydrogens (tertiary/aromatic N) is 2. The first-order valence-corrected chi connectivity index (χ1v) is 11.9. The van der Waals surface area contributed by atoms with Crippen LogP contribution in [-0.4, -0.2) is 27.1 Å². The van der Waals surface area contributed by atoms with Gasteiger partial charge in [0.15, 0.2) is 5.78 Å². The van der Waals surface area contributed by atoms with Gasteiger partial charge < -0.3 is 4.57 Å². The number of carbonyl (C=O) groups is 3. The number of benzene rings is 2. The van der Waals surface area contributed by atoms with Crippen LogP contribution in [0, 0.1) is 27.7 Å². The van der Waals surface area contributed by atoms with Crippen LogP contribution in [0.1, 0.15) is 64.0 Å². The van der Waals surface area contributed by atoms with Gasteiger partial charge in [0, 0.05) is 21.8 Å². The van der Waals surface area contributed by atoms with Gasteiger partial charge in [-0.2, -0.15) is 0 Å². The number of thiophene rings is 1. The highest BCUT2D eigenvalue weighted by molar-refractivity contribution is 7.15. The lowest BCUT2D eigenvalue weighted by atomic mass is 10.0. The van der Waals surface area contributed by atoms with Gasteiger partial charge in [0.05, 0.1) is 23.2 Å². The van der Waals surface area contributed by atoms with E-state index in [1.54, 1.807) is 35.6 Å². The molecule has 2 aromatic carbocycles. The van der Waals surface area contributed by atoms with Crippen molar-refractivity contribution in [1.82, 2.24) is 9.47 Å². The van der Waals surface area contributed by atoms with Crippen LogP contribution in [0.25, 0.3) is 5.00 Å². The summed E-state index contributed by atoms with van der Waals surface area (Å²) >= 11 is 1.56. The van der Waals surface area contributed by atoms with Crippen LogP contribution in [0.5, 0.6) is 0 Å². The third kappa shape index (κ3) is 3.33. The van der Waals surface area contributed by atoms with Crippen molar-refractivity contribution < 1.29 is 14.4 Å². The summed E-state index contributed by atoms with van der Waals surface area (Å²) in [6, 6.07) is 18.2. The average molecular weight is 469 g/mol. The molecule has 0 atom stereocenters. The standard InChI is InChI=1S/C28H24N2O3S/c1-16-14-21(15-29-26(32)22-12-8-9-13-23(22)27(29)33)30(18(16)3)28-24(17(2)19(4)34-28)25(31)20-10-6-5-7-11-20/h5-14H,15H2,1-4H3. The van der Waals surface area contributed by atoms with Crippen LogP contribution in [0.15, 0.2) is 60.7 Å². The minimum Gasteiger partial charge on any atom is -0.307 e. The number of aryl methyl sites for hydroxylation is 2. The minimum absolute atomic E-state index is 0.0325. The van der Waals surface area contributed by atoms with E-state index >= 15 is 0 Å². The number of hydrogen-bond acceptors (Lipinski definition) is 4. The molecule has 5 nitrogen and oxygen atoms in total. The Bertz CT molecular complexity index is 1440. The number of aromatic nitrogens is 1. The largest absolute Gasteiger partial charge is 0.307 e. The summed E-state index contributed by atoms with van der Waals surface area (Å²) in [5.74, 6) is -0.611. The van der Waals surface area contributed by atoms with Gasteiger partial charge in [-0.3, -0.25) is 19.3 Å². The van der Waals surface area contributed by atoms with Crippen molar-refractivity contribution in [3.05, 3.63) is 110 Å². The summed E-state index contributed by atoms with van der Waals surface area (Å²) < 4.78 is 2.04. The summed E-state index contributed by atoms with van der Waals surface area (Å²) in [5.41, 5.74) is 5.93. The second-order valence-electron chi connectivity index (χ2n) is 8.64. The topological polar surface area (TPSA) is 59.4 Å². The number of carbonyl (C=O) groups excluding carboxylic acids is 3. The van der Waals surface area contributed by atoms with Gasteiger partial charge in [0.2, 0.25) is 0 Å². The molecule has 170 valence electrons. The zero-order chi connectivity index (χ0) is 24.1. The lowest BCUT2D eigenvalue weighted by Crippen LogP contribution is -2.30. The molecule has 0 fully saturated rings. The highest BCUT2D eigenvalue weighted by Gasteiger charge is 2.36. The zero-order valence-electron chi connectivity index (χ0n) is 19.5. The predicted octanol–water partition coefficient (Wildman–Crippen LogP) is 5.80. The molecule has 0 spiro atoms.